The van der Waals surface area contributed by atoms with E-state index in [4.69, 9.17) is 23.7 Å². The Bertz CT molecular complexity index is 1530. The SMILES string of the molecule is C[C@H]1C[C@@H](O)[C@@H](O)[C@H](O[C@H]2CC[C@@]3(C)[C@H](CC[C@@H]4[C@@H]3C[C@@H](OC(=O)OCc3ccccc3[N+](=O)[O-])[C@]3(C)[C@@H](C5=CC(=O)OC5)CC[C@]43O)C2)O1. The smallest absolute Gasteiger partial charge is 0.458 e. The number of para-hydroxylation sites is 1. The van der Waals surface area contributed by atoms with E-state index in [1.807, 2.05) is 13.8 Å². The van der Waals surface area contributed by atoms with Gasteiger partial charge in [-0.05, 0) is 99.0 Å². The number of benzene rings is 1. The Morgan fingerprint density at radius 3 is 2.58 bits per heavy atom. The normalized spacial score (nSPS) is 43.9. The molecule has 0 spiro atoms. The second-order valence-electron chi connectivity index (χ2n) is 16.0. The van der Waals surface area contributed by atoms with Gasteiger partial charge in [-0.2, -0.15) is 0 Å². The van der Waals surface area contributed by atoms with Gasteiger partial charge in [-0.3, -0.25) is 10.1 Å². The Labute approximate surface area is 291 Å². The van der Waals surface area contributed by atoms with Crippen LogP contribution >= 0.6 is 0 Å². The van der Waals surface area contributed by atoms with Gasteiger partial charge in [0.15, 0.2) is 6.29 Å². The lowest BCUT2D eigenvalue weighted by atomic mass is 9.42. The maximum absolute atomic E-state index is 13.5. The van der Waals surface area contributed by atoms with Gasteiger partial charge in [0.1, 0.15) is 25.4 Å². The molecule has 1 aromatic carbocycles. The van der Waals surface area contributed by atoms with Crippen LogP contribution in [0, 0.1) is 44.6 Å². The molecule has 0 radical (unpaired) electrons. The van der Waals surface area contributed by atoms with E-state index >= 15 is 0 Å². The fourth-order valence-corrected chi connectivity index (χ4v) is 11.0. The van der Waals surface area contributed by atoms with Crippen molar-refractivity contribution in [3.05, 3.63) is 51.6 Å². The fraction of sp³-hybridized carbons (Fsp3) is 0.730. The molecule has 1 aromatic rings. The summed E-state index contributed by atoms with van der Waals surface area (Å²) in [7, 11) is 0. The molecule has 7 rings (SSSR count). The minimum Gasteiger partial charge on any atom is -0.458 e. The van der Waals surface area contributed by atoms with Crippen LogP contribution in [-0.2, 0) is 35.1 Å². The Hall–Kier alpha value is -3.10. The third-order valence-electron chi connectivity index (χ3n) is 13.7. The summed E-state index contributed by atoms with van der Waals surface area (Å²) in [4.78, 5) is 36.6. The second-order valence-corrected chi connectivity index (χ2v) is 16.0. The van der Waals surface area contributed by atoms with Crippen LogP contribution in [0.4, 0.5) is 10.5 Å². The summed E-state index contributed by atoms with van der Waals surface area (Å²) in [6.45, 7) is 5.89. The summed E-state index contributed by atoms with van der Waals surface area (Å²) in [6, 6.07) is 6.06. The van der Waals surface area contributed by atoms with Crippen molar-refractivity contribution >= 4 is 17.8 Å². The topological polar surface area (TPSA) is 184 Å². The number of nitro groups is 1. The molecule has 0 bridgehead atoms. The number of aliphatic hydroxyl groups is 3. The first kappa shape index (κ1) is 35.3. The molecule has 6 aliphatic rings. The number of nitro benzene ring substituents is 1. The van der Waals surface area contributed by atoms with Crippen molar-refractivity contribution in [1.29, 1.82) is 0 Å². The number of ether oxygens (including phenoxy) is 5. The molecule has 0 amide bonds. The fourth-order valence-electron chi connectivity index (χ4n) is 11.0. The maximum Gasteiger partial charge on any atom is 0.508 e. The van der Waals surface area contributed by atoms with Crippen LogP contribution < -0.4 is 0 Å². The minimum absolute atomic E-state index is 0.000778. The van der Waals surface area contributed by atoms with Crippen molar-refractivity contribution in [2.24, 2.45) is 34.5 Å². The van der Waals surface area contributed by atoms with Gasteiger partial charge in [0.2, 0.25) is 0 Å². The number of cyclic esters (lactones) is 1. The van der Waals surface area contributed by atoms with Crippen molar-refractivity contribution in [2.45, 2.75) is 128 Å². The molecule has 3 N–H and O–H groups in total. The Balaban J connectivity index is 1.13. The van der Waals surface area contributed by atoms with Gasteiger partial charge in [0, 0.05) is 24.0 Å². The van der Waals surface area contributed by atoms with Gasteiger partial charge in [-0.15, -0.1) is 0 Å². The molecule has 13 nitrogen and oxygen atoms in total. The molecular weight excluding hydrogens is 650 g/mol. The van der Waals surface area contributed by atoms with Gasteiger partial charge < -0.3 is 39.0 Å². The minimum atomic E-state index is -1.20. The summed E-state index contributed by atoms with van der Waals surface area (Å²) < 4.78 is 29.2. The predicted octanol–water partition coefficient (Wildman–Crippen LogP) is 4.73. The molecule has 274 valence electrons. The monoisotopic (exact) mass is 699 g/mol. The lowest BCUT2D eigenvalue weighted by molar-refractivity contribution is -0.385. The van der Waals surface area contributed by atoms with Crippen molar-refractivity contribution in [1.82, 2.24) is 0 Å². The van der Waals surface area contributed by atoms with E-state index in [0.29, 0.717) is 32.1 Å². The molecular formula is C37H49NO12. The van der Waals surface area contributed by atoms with Crippen LogP contribution in [-0.4, -0.2) is 81.4 Å². The summed E-state index contributed by atoms with van der Waals surface area (Å²) >= 11 is 0. The summed E-state index contributed by atoms with van der Waals surface area (Å²) in [6.07, 6.45) is 2.28. The highest BCUT2D eigenvalue weighted by molar-refractivity contribution is 5.85. The number of aliphatic hydroxyl groups excluding tert-OH is 2. The molecule has 1 saturated heterocycles. The van der Waals surface area contributed by atoms with E-state index in [1.165, 1.54) is 18.2 Å². The molecule has 13 atom stereocenters. The first-order valence-corrected chi connectivity index (χ1v) is 18.1. The standard InChI is InChI=1S/C37H49NO12/c1-20-14-29(39)32(41)33(48-20)49-24-10-12-35(2)23(16-24)8-9-26-27(35)17-30(50-34(42)47-18-21-6-4-5-7-28(21)38(44)45)36(3)25(11-13-37(26,36)43)22-15-31(40)46-19-22/h4-7,15,20,23-27,29-30,32-33,39,41,43H,8-14,16-19H2,1-3H3/t20-,23+,24-,25+,26+,27-,29+,30+,32+,33-,35-,36-,37-/m0/s1. The van der Waals surface area contributed by atoms with Crippen LogP contribution in [0.2, 0.25) is 0 Å². The van der Waals surface area contributed by atoms with E-state index in [1.54, 1.807) is 12.1 Å². The third kappa shape index (κ3) is 5.82. The van der Waals surface area contributed by atoms with Gasteiger partial charge in [0.25, 0.3) is 5.69 Å². The zero-order valence-electron chi connectivity index (χ0n) is 28.9. The second kappa shape index (κ2) is 13.1. The quantitative estimate of drug-likeness (QED) is 0.154. The highest BCUT2D eigenvalue weighted by atomic mass is 16.7. The predicted molar refractivity (Wildman–Crippen MR) is 175 cm³/mol. The number of hydrogen-bond acceptors (Lipinski definition) is 12. The van der Waals surface area contributed by atoms with Gasteiger partial charge in [0.05, 0.1) is 34.4 Å². The first-order chi connectivity index (χ1) is 23.7. The highest BCUT2D eigenvalue weighted by Crippen LogP contribution is 2.70. The third-order valence-corrected chi connectivity index (χ3v) is 13.7. The molecule has 0 unspecified atom stereocenters. The molecule has 4 saturated carbocycles. The molecule has 50 heavy (non-hydrogen) atoms. The largest absolute Gasteiger partial charge is 0.508 e. The van der Waals surface area contributed by atoms with E-state index in [9.17, 15) is 35.0 Å². The zero-order valence-corrected chi connectivity index (χ0v) is 28.9. The number of fused-ring (bicyclic) bond motifs is 5. The number of hydrogen-bond donors (Lipinski definition) is 3. The number of esters is 1. The number of rotatable bonds is 7. The zero-order chi connectivity index (χ0) is 35.6. The Morgan fingerprint density at radius 2 is 1.84 bits per heavy atom. The molecule has 5 fully saturated rings. The lowest BCUT2D eigenvalue weighted by Gasteiger charge is -2.65. The van der Waals surface area contributed by atoms with Crippen LogP contribution in [0.25, 0.3) is 0 Å². The molecule has 13 heteroatoms. The first-order valence-electron chi connectivity index (χ1n) is 18.1. The van der Waals surface area contributed by atoms with Gasteiger partial charge in [-0.1, -0.05) is 26.0 Å². The molecule has 0 aromatic heterocycles. The number of carbonyl (C=O) groups excluding carboxylic acids is 2. The van der Waals surface area contributed by atoms with Crippen molar-refractivity contribution in [2.75, 3.05) is 6.61 Å². The van der Waals surface area contributed by atoms with Gasteiger partial charge in [-0.25, -0.2) is 9.59 Å². The van der Waals surface area contributed by atoms with E-state index in [-0.39, 0.29) is 65.8 Å². The van der Waals surface area contributed by atoms with Crippen LogP contribution in [0.15, 0.2) is 35.9 Å². The molecule has 2 heterocycles. The average Bonchev–Trinajstić information content (AvgIpc) is 3.63. The lowest BCUT2D eigenvalue weighted by Crippen LogP contribution is -2.67. The summed E-state index contributed by atoms with van der Waals surface area (Å²) in [5.74, 6) is -0.512. The summed E-state index contributed by atoms with van der Waals surface area (Å²) in [5, 5.41) is 45.4. The van der Waals surface area contributed by atoms with Crippen molar-refractivity contribution in [3.8, 4) is 0 Å². The highest BCUT2D eigenvalue weighted by Gasteiger charge is 2.72. The van der Waals surface area contributed by atoms with Gasteiger partial charge >= 0.3 is 12.1 Å². The van der Waals surface area contributed by atoms with Crippen LogP contribution in [0.3, 0.4) is 0 Å². The van der Waals surface area contributed by atoms with E-state index in [2.05, 4.69) is 6.92 Å². The summed E-state index contributed by atoms with van der Waals surface area (Å²) in [5.41, 5.74) is -1.49. The van der Waals surface area contributed by atoms with Crippen LogP contribution in [0.1, 0.15) is 84.1 Å². The average molecular weight is 700 g/mol. The van der Waals surface area contributed by atoms with Crippen LogP contribution in [0.5, 0.6) is 0 Å². The molecule has 4 aliphatic carbocycles. The van der Waals surface area contributed by atoms with E-state index < -0.39 is 52.7 Å². The number of carbonyl (C=O) groups is 2. The van der Waals surface area contributed by atoms with Crippen molar-refractivity contribution < 1.29 is 53.5 Å². The van der Waals surface area contributed by atoms with Crippen molar-refractivity contribution in [3.63, 3.8) is 0 Å². The Morgan fingerprint density at radius 1 is 1.06 bits per heavy atom. The number of nitrogens with zero attached hydrogens (tertiary/aromatic N) is 1. The molecule has 2 aliphatic heterocycles. The Kier molecular flexibility index (Phi) is 9.28. The maximum atomic E-state index is 13.5. The van der Waals surface area contributed by atoms with E-state index in [0.717, 1.165) is 31.3 Å².